The highest BCUT2D eigenvalue weighted by molar-refractivity contribution is 7.89. The second kappa shape index (κ2) is 7.96. The van der Waals surface area contributed by atoms with Crippen LogP contribution < -0.4 is 10.2 Å². The lowest BCUT2D eigenvalue weighted by Gasteiger charge is -2.35. The van der Waals surface area contributed by atoms with Gasteiger partial charge in [-0.05, 0) is 30.5 Å². The van der Waals surface area contributed by atoms with Crippen LogP contribution in [0.25, 0.3) is 0 Å². The van der Waals surface area contributed by atoms with Gasteiger partial charge in [0.15, 0.2) is 0 Å². The molecule has 0 atom stereocenters. The molecule has 1 saturated heterocycles. The monoisotopic (exact) mass is 413 g/mol. The van der Waals surface area contributed by atoms with Crippen molar-refractivity contribution < 1.29 is 13.2 Å². The number of nitrogens with zero attached hydrogens (tertiary/aromatic N) is 2. The Morgan fingerprint density at radius 2 is 1.88 bits per heavy atom. The Morgan fingerprint density at radius 3 is 2.54 bits per heavy atom. The van der Waals surface area contributed by atoms with E-state index in [0.29, 0.717) is 37.7 Å². The van der Waals surface area contributed by atoms with E-state index in [9.17, 15) is 13.2 Å². The number of sulfonamides is 1. The summed E-state index contributed by atoms with van der Waals surface area (Å²) in [6.07, 6.45) is 0. The van der Waals surface area contributed by atoms with Crippen molar-refractivity contribution in [3.63, 3.8) is 0 Å². The van der Waals surface area contributed by atoms with Crippen molar-refractivity contribution in [3.05, 3.63) is 45.6 Å². The predicted octanol–water partition coefficient (Wildman–Crippen LogP) is 2.66. The van der Waals surface area contributed by atoms with E-state index in [1.807, 2.05) is 24.3 Å². The summed E-state index contributed by atoms with van der Waals surface area (Å²) in [6, 6.07) is 9.04. The molecule has 0 spiro atoms. The average Bonchev–Trinajstić information content (AvgIpc) is 3.13. The number of amides is 1. The molecule has 9 heteroatoms. The third-order valence-electron chi connectivity index (χ3n) is 4.22. The molecule has 3 rings (SSSR count). The Morgan fingerprint density at radius 1 is 1.19 bits per heavy atom. The lowest BCUT2D eigenvalue weighted by molar-refractivity contribution is 0.0956. The molecule has 1 fully saturated rings. The minimum Gasteiger partial charge on any atom is -0.368 e. The first-order chi connectivity index (χ1) is 12.4. The molecule has 2 heterocycles. The molecule has 0 saturated carbocycles. The van der Waals surface area contributed by atoms with Crippen LogP contribution in [0, 0.1) is 0 Å². The summed E-state index contributed by atoms with van der Waals surface area (Å²) in [5.74, 6) is -0.351. The highest BCUT2D eigenvalue weighted by Gasteiger charge is 2.32. The van der Waals surface area contributed by atoms with Gasteiger partial charge in [-0.15, -0.1) is 11.3 Å². The van der Waals surface area contributed by atoms with Crippen molar-refractivity contribution in [1.29, 1.82) is 0 Å². The number of para-hydroxylation sites is 1. The van der Waals surface area contributed by atoms with E-state index in [1.165, 1.54) is 10.4 Å². The van der Waals surface area contributed by atoms with Gasteiger partial charge in [0.25, 0.3) is 5.91 Å². The molecule has 1 amide bonds. The molecule has 1 aliphatic rings. The van der Waals surface area contributed by atoms with Crippen molar-refractivity contribution in [2.75, 3.05) is 37.6 Å². The SMILES string of the molecule is CCNC(=O)c1sccc1S(=O)(=O)N1CCN(c2ccccc2Cl)CC1. The van der Waals surface area contributed by atoms with Gasteiger partial charge in [-0.25, -0.2) is 8.42 Å². The molecular weight excluding hydrogens is 394 g/mol. The highest BCUT2D eigenvalue weighted by atomic mass is 35.5. The number of hydrogen-bond donors (Lipinski definition) is 1. The standard InChI is InChI=1S/C17H20ClN3O3S2/c1-2-19-17(22)16-15(7-12-25-16)26(23,24)21-10-8-20(9-11-21)14-6-4-3-5-13(14)18/h3-7,12H,2,8-11H2,1H3,(H,19,22). The first-order valence-corrected chi connectivity index (χ1v) is 11.0. The number of piperazine rings is 1. The summed E-state index contributed by atoms with van der Waals surface area (Å²) in [4.78, 5) is 14.5. The molecular formula is C17H20ClN3O3S2. The van der Waals surface area contributed by atoms with Gasteiger partial charge in [0.1, 0.15) is 9.77 Å². The number of thiophene rings is 1. The molecule has 1 N–H and O–H groups in total. The first-order valence-electron chi connectivity index (χ1n) is 8.30. The highest BCUT2D eigenvalue weighted by Crippen LogP contribution is 2.29. The quantitative estimate of drug-likeness (QED) is 0.818. The van der Waals surface area contributed by atoms with Crippen LogP contribution >= 0.6 is 22.9 Å². The van der Waals surface area contributed by atoms with Gasteiger partial charge in [0.05, 0.1) is 10.7 Å². The first kappa shape index (κ1) is 19.2. The van der Waals surface area contributed by atoms with Gasteiger partial charge in [0, 0.05) is 32.7 Å². The molecule has 0 unspecified atom stereocenters. The molecule has 26 heavy (non-hydrogen) atoms. The Kier molecular flexibility index (Phi) is 5.86. The maximum Gasteiger partial charge on any atom is 0.262 e. The molecule has 1 aromatic heterocycles. The van der Waals surface area contributed by atoms with Crippen molar-refractivity contribution in [2.45, 2.75) is 11.8 Å². The number of nitrogens with one attached hydrogen (secondary N) is 1. The van der Waals surface area contributed by atoms with E-state index < -0.39 is 10.0 Å². The largest absolute Gasteiger partial charge is 0.368 e. The summed E-state index contributed by atoms with van der Waals surface area (Å²) in [7, 11) is -3.71. The van der Waals surface area contributed by atoms with E-state index in [-0.39, 0.29) is 15.7 Å². The van der Waals surface area contributed by atoms with Crippen LogP contribution in [0.15, 0.2) is 40.6 Å². The van der Waals surface area contributed by atoms with E-state index in [4.69, 9.17) is 11.6 Å². The Balaban J connectivity index is 1.76. The van der Waals surface area contributed by atoms with Crippen molar-refractivity contribution in [2.24, 2.45) is 0 Å². The Hall–Kier alpha value is -1.61. The molecule has 0 bridgehead atoms. The van der Waals surface area contributed by atoms with E-state index in [2.05, 4.69) is 10.2 Å². The third-order valence-corrected chi connectivity index (χ3v) is 7.53. The summed E-state index contributed by atoms with van der Waals surface area (Å²) in [5.41, 5.74) is 0.907. The average molecular weight is 414 g/mol. The topological polar surface area (TPSA) is 69.7 Å². The lowest BCUT2D eigenvalue weighted by Crippen LogP contribution is -2.49. The van der Waals surface area contributed by atoms with Gasteiger partial charge >= 0.3 is 0 Å². The summed E-state index contributed by atoms with van der Waals surface area (Å²) >= 11 is 7.38. The fourth-order valence-electron chi connectivity index (χ4n) is 2.92. The van der Waals surface area contributed by atoms with E-state index >= 15 is 0 Å². The predicted molar refractivity (Wildman–Crippen MR) is 105 cm³/mol. The maximum atomic E-state index is 13.0. The van der Waals surface area contributed by atoms with Crippen LogP contribution in [-0.4, -0.2) is 51.4 Å². The molecule has 1 aromatic carbocycles. The molecule has 2 aromatic rings. The maximum absolute atomic E-state index is 13.0. The number of rotatable bonds is 5. The van der Waals surface area contributed by atoms with Crippen LogP contribution in [0.1, 0.15) is 16.6 Å². The Bertz CT molecular complexity index is 890. The van der Waals surface area contributed by atoms with Crippen molar-refractivity contribution >= 4 is 44.6 Å². The second-order valence-electron chi connectivity index (χ2n) is 5.82. The van der Waals surface area contributed by atoms with Gasteiger partial charge in [-0.3, -0.25) is 4.79 Å². The lowest BCUT2D eigenvalue weighted by atomic mass is 10.2. The number of carbonyl (C=O) groups is 1. The smallest absolute Gasteiger partial charge is 0.262 e. The zero-order chi connectivity index (χ0) is 18.7. The molecule has 0 aliphatic carbocycles. The van der Waals surface area contributed by atoms with E-state index in [0.717, 1.165) is 17.0 Å². The molecule has 6 nitrogen and oxygen atoms in total. The zero-order valence-corrected chi connectivity index (χ0v) is 16.7. The van der Waals surface area contributed by atoms with Gasteiger partial charge in [-0.2, -0.15) is 4.31 Å². The fraction of sp³-hybridized carbons (Fsp3) is 0.353. The van der Waals surface area contributed by atoms with Crippen molar-refractivity contribution in [3.8, 4) is 0 Å². The minimum atomic E-state index is -3.71. The Labute approximate surface area is 162 Å². The fourth-order valence-corrected chi connectivity index (χ4v) is 5.92. The van der Waals surface area contributed by atoms with Crippen LogP contribution in [0.4, 0.5) is 5.69 Å². The number of hydrogen-bond acceptors (Lipinski definition) is 5. The third kappa shape index (κ3) is 3.73. The summed E-state index contributed by atoms with van der Waals surface area (Å²) in [5, 5.41) is 4.95. The molecule has 140 valence electrons. The number of halogens is 1. The summed E-state index contributed by atoms with van der Waals surface area (Å²) < 4.78 is 27.4. The van der Waals surface area contributed by atoms with Crippen molar-refractivity contribution in [1.82, 2.24) is 9.62 Å². The number of anilines is 1. The molecule has 1 aliphatic heterocycles. The van der Waals surface area contributed by atoms with Crippen LogP contribution in [0.5, 0.6) is 0 Å². The zero-order valence-electron chi connectivity index (χ0n) is 14.3. The van der Waals surface area contributed by atoms with Gasteiger partial charge in [0.2, 0.25) is 10.0 Å². The number of benzene rings is 1. The van der Waals surface area contributed by atoms with Gasteiger partial charge in [-0.1, -0.05) is 23.7 Å². The van der Waals surface area contributed by atoms with Crippen LogP contribution in [0.2, 0.25) is 5.02 Å². The summed E-state index contributed by atoms with van der Waals surface area (Å²) in [6.45, 7) is 4.03. The van der Waals surface area contributed by atoms with E-state index in [1.54, 1.807) is 12.3 Å². The van der Waals surface area contributed by atoms with Gasteiger partial charge < -0.3 is 10.2 Å². The molecule has 0 radical (unpaired) electrons. The normalized spacial score (nSPS) is 15.8. The van der Waals surface area contributed by atoms with Crippen LogP contribution in [0.3, 0.4) is 0 Å². The minimum absolute atomic E-state index is 0.0830. The number of carbonyl (C=O) groups excluding carboxylic acids is 1. The second-order valence-corrected chi connectivity index (χ2v) is 9.05. The van der Waals surface area contributed by atoms with Crippen LogP contribution in [-0.2, 0) is 10.0 Å².